The number of rotatable bonds is 5. The van der Waals surface area contributed by atoms with E-state index in [9.17, 15) is 0 Å². The highest BCUT2D eigenvalue weighted by Crippen LogP contribution is 2.19. The Labute approximate surface area is 102 Å². The number of nitrogens with zero attached hydrogens (tertiary/aromatic N) is 1. The lowest BCUT2D eigenvalue weighted by Crippen LogP contribution is -2.51. The van der Waals surface area contributed by atoms with Crippen LogP contribution in [0.25, 0.3) is 0 Å². The summed E-state index contributed by atoms with van der Waals surface area (Å²) in [6.07, 6.45) is 3.99. The monoisotopic (exact) mass is 226 g/mol. The largest absolute Gasteiger partial charge is 0.311 e. The Bertz CT molecular complexity index is 191. The summed E-state index contributed by atoms with van der Waals surface area (Å²) in [7, 11) is 0. The van der Waals surface area contributed by atoms with Crippen LogP contribution >= 0.6 is 0 Å². The maximum absolute atomic E-state index is 3.68. The highest BCUT2D eigenvalue weighted by Gasteiger charge is 2.25. The van der Waals surface area contributed by atoms with Crippen molar-refractivity contribution in [2.75, 3.05) is 13.1 Å². The first-order chi connectivity index (χ1) is 7.54. The van der Waals surface area contributed by atoms with Crippen LogP contribution in [-0.4, -0.2) is 36.1 Å². The van der Waals surface area contributed by atoms with Crippen LogP contribution in [0, 0.1) is 5.92 Å². The zero-order chi connectivity index (χ0) is 12.1. The molecule has 0 aromatic heterocycles. The molecule has 2 heteroatoms. The van der Waals surface area contributed by atoms with Crippen molar-refractivity contribution in [2.24, 2.45) is 5.92 Å². The molecule has 0 spiro atoms. The second kappa shape index (κ2) is 6.61. The van der Waals surface area contributed by atoms with E-state index in [2.05, 4.69) is 44.8 Å². The minimum atomic E-state index is 0.615. The fourth-order valence-electron chi connectivity index (χ4n) is 2.68. The van der Waals surface area contributed by atoms with E-state index in [1.165, 1.54) is 32.4 Å². The van der Waals surface area contributed by atoms with E-state index in [1.54, 1.807) is 0 Å². The molecule has 1 aliphatic rings. The van der Waals surface area contributed by atoms with Crippen LogP contribution in [0.5, 0.6) is 0 Å². The van der Waals surface area contributed by atoms with Crippen LogP contribution < -0.4 is 5.32 Å². The van der Waals surface area contributed by atoms with E-state index >= 15 is 0 Å². The average molecular weight is 226 g/mol. The first-order valence-corrected chi connectivity index (χ1v) is 7.04. The van der Waals surface area contributed by atoms with Crippen LogP contribution in [0.4, 0.5) is 0 Å². The molecule has 1 heterocycles. The molecule has 1 N–H and O–H groups in total. The lowest BCUT2D eigenvalue weighted by Gasteiger charge is -2.40. The summed E-state index contributed by atoms with van der Waals surface area (Å²) in [6, 6.07) is 2.06. The Morgan fingerprint density at radius 2 is 1.94 bits per heavy atom. The fraction of sp³-hybridized carbons (Fsp3) is 1.00. The van der Waals surface area contributed by atoms with E-state index in [0.29, 0.717) is 12.1 Å². The van der Waals surface area contributed by atoms with Crippen molar-refractivity contribution < 1.29 is 0 Å². The van der Waals surface area contributed by atoms with Gasteiger partial charge in [-0.25, -0.2) is 0 Å². The van der Waals surface area contributed by atoms with Gasteiger partial charge in [-0.15, -0.1) is 0 Å². The van der Waals surface area contributed by atoms with Gasteiger partial charge < -0.3 is 5.32 Å². The van der Waals surface area contributed by atoms with Gasteiger partial charge in [-0.2, -0.15) is 0 Å². The quantitative estimate of drug-likeness (QED) is 0.775. The molecular weight excluding hydrogens is 196 g/mol. The van der Waals surface area contributed by atoms with Gasteiger partial charge in [0.2, 0.25) is 0 Å². The van der Waals surface area contributed by atoms with Gasteiger partial charge in [-0.3, -0.25) is 4.90 Å². The van der Waals surface area contributed by atoms with E-state index < -0.39 is 0 Å². The van der Waals surface area contributed by atoms with Crippen molar-refractivity contribution in [3.05, 3.63) is 0 Å². The van der Waals surface area contributed by atoms with Crippen molar-refractivity contribution >= 4 is 0 Å². The summed E-state index contributed by atoms with van der Waals surface area (Å²) in [6.45, 7) is 14.1. The summed E-state index contributed by atoms with van der Waals surface area (Å²) in [5.74, 6) is 0.817. The molecule has 0 aromatic rings. The second-order valence-electron chi connectivity index (χ2n) is 5.78. The van der Waals surface area contributed by atoms with Crippen molar-refractivity contribution in [1.29, 1.82) is 0 Å². The van der Waals surface area contributed by atoms with Crippen LogP contribution in [-0.2, 0) is 0 Å². The van der Waals surface area contributed by atoms with Gasteiger partial charge in [0.05, 0.1) is 0 Å². The van der Waals surface area contributed by atoms with Gasteiger partial charge in [0.25, 0.3) is 0 Å². The molecule has 96 valence electrons. The Morgan fingerprint density at radius 1 is 1.25 bits per heavy atom. The topological polar surface area (TPSA) is 15.3 Å². The zero-order valence-electron chi connectivity index (χ0n) is 11.8. The van der Waals surface area contributed by atoms with Crippen LogP contribution in [0.3, 0.4) is 0 Å². The first kappa shape index (κ1) is 14.0. The van der Waals surface area contributed by atoms with E-state index in [4.69, 9.17) is 0 Å². The maximum Gasteiger partial charge on any atom is 0.0197 e. The van der Waals surface area contributed by atoms with Crippen LogP contribution in [0.15, 0.2) is 0 Å². The smallest absolute Gasteiger partial charge is 0.0197 e. The van der Waals surface area contributed by atoms with E-state index in [-0.39, 0.29) is 0 Å². The van der Waals surface area contributed by atoms with Gasteiger partial charge in [-0.05, 0) is 32.2 Å². The summed E-state index contributed by atoms with van der Waals surface area (Å²) in [4.78, 5) is 2.68. The third kappa shape index (κ3) is 4.06. The highest BCUT2D eigenvalue weighted by atomic mass is 15.2. The molecule has 0 bridgehead atoms. The van der Waals surface area contributed by atoms with Crippen molar-refractivity contribution in [2.45, 2.75) is 72.0 Å². The zero-order valence-corrected chi connectivity index (χ0v) is 11.8. The first-order valence-electron chi connectivity index (χ1n) is 7.04. The molecule has 1 aliphatic heterocycles. The minimum Gasteiger partial charge on any atom is -0.311 e. The number of piperidine rings is 1. The molecule has 1 fully saturated rings. The number of hydrogen-bond donors (Lipinski definition) is 1. The molecule has 0 aromatic carbocycles. The lowest BCUT2D eigenvalue weighted by atomic mass is 9.95. The number of likely N-dealkylation sites (tertiary alicyclic amines) is 1. The molecule has 0 amide bonds. The molecule has 16 heavy (non-hydrogen) atoms. The van der Waals surface area contributed by atoms with Crippen molar-refractivity contribution in [3.8, 4) is 0 Å². The highest BCUT2D eigenvalue weighted by molar-refractivity contribution is 4.83. The average Bonchev–Trinajstić information content (AvgIpc) is 2.26. The lowest BCUT2D eigenvalue weighted by molar-refractivity contribution is 0.109. The SMILES string of the molecule is CCC(C)C(C)N1CCCC(NC(C)C)C1. The van der Waals surface area contributed by atoms with E-state index in [1.807, 2.05) is 0 Å². The van der Waals surface area contributed by atoms with Gasteiger partial charge in [-0.1, -0.05) is 34.1 Å². The fourth-order valence-corrected chi connectivity index (χ4v) is 2.68. The molecule has 0 saturated carbocycles. The van der Waals surface area contributed by atoms with Gasteiger partial charge in [0.15, 0.2) is 0 Å². The second-order valence-corrected chi connectivity index (χ2v) is 5.78. The standard InChI is InChI=1S/C14H30N2/c1-6-12(4)13(5)16-9-7-8-14(10-16)15-11(2)3/h11-15H,6-10H2,1-5H3. The maximum atomic E-state index is 3.68. The molecule has 1 rings (SSSR count). The van der Waals surface area contributed by atoms with Gasteiger partial charge in [0.1, 0.15) is 0 Å². The Balaban J connectivity index is 2.43. The summed E-state index contributed by atoms with van der Waals surface area (Å²) in [5, 5.41) is 3.68. The van der Waals surface area contributed by atoms with Crippen LogP contribution in [0.2, 0.25) is 0 Å². The Kier molecular flexibility index (Phi) is 5.77. The number of hydrogen-bond acceptors (Lipinski definition) is 2. The summed E-state index contributed by atoms with van der Waals surface area (Å²) in [5.41, 5.74) is 0. The molecule has 0 radical (unpaired) electrons. The predicted octanol–water partition coefficient (Wildman–Crippen LogP) is 2.88. The van der Waals surface area contributed by atoms with Crippen molar-refractivity contribution in [1.82, 2.24) is 10.2 Å². The number of nitrogens with one attached hydrogen (secondary N) is 1. The summed E-state index contributed by atoms with van der Waals surface area (Å²) < 4.78 is 0. The molecule has 3 unspecified atom stereocenters. The van der Waals surface area contributed by atoms with Gasteiger partial charge in [0, 0.05) is 24.7 Å². The molecule has 3 atom stereocenters. The molecule has 0 aliphatic carbocycles. The Hall–Kier alpha value is -0.0800. The Morgan fingerprint density at radius 3 is 2.50 bits per heavy atom. The van der Waals surface area contributed by atoms with Crippen LogP contribution in [0.1, 0.15) is 53.9 Å². The van der Waals surface area contributed by atoms with Crippen molar-refractivity contribution in [3.63, 3.8) is 0 Å². The predicted molar refractivity (Wildman–Crippen MR) is 71.8 cm³/mol. The molecular formula is C14H30N2. The van der Waals surface area contributed by atoms with Gasteiger partial charge >= 0.3 is 0 Å². The van der Waals surface area contributed by atoms with E-state index in [0.717, 1.165) is 12.0 Å². The minimum absolute atomic E-state index is 0.615. The molecule has 1 saturated heterocycles. The normalized spacial score (nSPS) is 27.0. The third-order valence-electron chi connectivity index (χ3n) is 4.07. The molecule has 2 nitrogen and oxygen atoms in total. The third-order valence-corrected chi connectivity index (χ3v) is 4.07. The summed E-state index contributed by atoms with van der Waals surface area (Å²) >= 11 is 0.